The summed E-state index contributed by atoms with van der Waals surface area (Å²) in [7, 11) is 0. The highest BCUT2D eigenvalue weighted by Crippen LogP contribution is 1.88. The standard InChI is InChI=1S/C9H18N6/c1-3-14(4-2)9(10)12-5-6-15-8-11-7-13-15/h7-8H,3-6H2,1-2H3,(H2,10,12). The first kappa shape index (κ1) is 11.5. The first-order valence-electron chi connectivity index (χ1n) is 5.15. The van der Waals surface area contributed by atoms with Crippen molar-refractivity contribution >= 4 is 5.96 Å². The molecule has 6 heteroatoms. The molecular formula is C9H18N6. The Kier molecular flexibility index (Phi) is 4.59. The molecule has 0 radical (unpaired) electrons. The number of rotatable bonds is 5. The molecule has 0 unspecified atom stereocenters. The third-order valence-corrected chi connectivity index (χ3v) is 2.16. The van der Waals surface area contributed by atoms with Gasteiger partial charge in [-0.05, 0) is 13.8 Å². The summed E-state index contributed by atoms with van der Waals surface area (Å²) in [6.45, 7) is 7.23. The van der Waals surface area contributed by atoms with Crippen LogP contribution in [0.4, 0.5) is 0 Å². The first-order valence-corrected chi connectivity index (χ1v) is 5.15. The largest absolute Gasteiger partial charge is 0.370 e. The van der Waals surface area contributed by atoms with Crippen molar-refractivity contribution in [2.45, 2.75) is 20.4 Å². The summed E-state index contributed by atoms with van der Waals surface area (Å²) in [5.74, 6) is 0.597. The van der Waals surface area contributed by atoms with E-state index in [1.165, 1.54) is 6.33 Å². The molecule has 0 amide bonds. The molecule has 0 fully saturated rings. The molecule has 0 atom stereocenters. The van der Waals surface area contributed by atoms with Gasteiger partial charge >= 0.3 is 0 Å². The second kappa shape index (κ2) is 6.00. The molecule has 0 saturated carbocycles. The number of nitrogens with zero attached hydrogens (tertiary/aromatic N) is 5. The Labute approximate surface area is 89.8 Å². The molecule has 0 aliphatic carbocycles. The Hall–Kier alpha value is -1.59. The number of guanidine groups is 1. The lowest BCUT2D eigenvalue weighted by Crippen LogP contribution is -2.37. The van der Waals surface area contributed by atoms with Crippen LogP contribution >= 0.6 is 0 Å². The van der Waals surface area contributed by atoms with Gasteiger partial charge in [0.2, 0.25) is 0 Å². The fourth-order valence-corrected chi connectivity index (χ4v) is 1.26. The van der Waals surface area contributed by atoms with Crippen LogP contribution in [-0.2, 0) is 6.54 Å². The topological polar surface area (TPSA) is 72.3 Å². The second-order valence-electron chi connectivity index (χ2n) is 3.07. The highest BCUT2D eigenvalue weighted by molar-refractivity contribution is 5.77. The molecule has 0 aliphatic heterocycles. The Morgan fingerprint density at radius 3 is 2.73 bits per heavy atom. The summed E-state index contributed by atoms with van der Waals surface area (Å²) in [4.78, 5) is 10.1. The van der Waals surface area contributed by atoms with E-state index in [1.807, 2.05) is 4.90 Å². The summed E-state index contributed by atoms with van der Waals surface area (Å²) in [5.41, 5.74) is 5.81. The van der Waals surface area contributed by atoms with Gasteiger partial charge in [0, 0.05) is 13.1 Å². The van der Waals surface area contributed by atoms with Crippen LogP contribution in [-0.4, -0.2) is 45.3 Å². The van der Waals surface area contributed by atoms with E-state index in [1.54, 1.807) is 11.0 Å². The van der Waals surface area contributed by atoms with E-state index in [0.29, 0.717) is 19.0 Å². The maximum atomic E-state index is 5.81. The molecule has 0 aromatic carbocycles. The minimum atomic E-state index is 0.597. The lowest BCUT2D eigenvalue weighted by Gasteiger charge is -2.19. The van der Waals surface area contributed by atoms with Gasteiger partial charge in [0.15, 0.2) is 5.96 Å². The van der Waals surface area contributed by atoms with Crippen molar-refractivity contribution in [3.63, 3.8) is 0 Å². The molecule has 1 rings (SSSR count). The number of aromatic nitrogens is 3. The van der Waals surface area contributed by atoms with Gasteiger partial charge in [0.05, 0.1) is 13.1 Å². The van der Waals surface area contributed by atoms with Gasteiger partial charge in [-0.1, -0.05) is 0 Å². The third-order valence-electron chi connectivity index (χ3n) is 2.16. The number of hydrogen-bond donors (Lipinski definition) is 1. The van der Waals surface area contributed by atoms with Crippen LogP contribution in [0.3, 0.4) is 0 Å². The Balaban J connectivity index is 2.36. The molecule has 0 bridgehead atoms. The first-order chi connectivity index (χ1) is 7.27. The van der Waals surface area contributed by atoms with Crippen LogP contribution in [0.1, 0.15) is 13.8 Å². The molecule has 0 spiro atoms. The van der Waals surface area contributed by atoms with Crippen molar-refractivity contribution in [3.8, 4) is 0 Å². The van der Waals surface area contributed by atoms with Crippen LogP contribution < -0.4 is 5.73 Å². The second-order valence-corrected chi connectivity index (χ2v) is 3.07. The van der Waals surface area contributed by atoms with Gasteiger partial charge < -0.3 is 10.6 Å². The maximum Gasteiger partial charge on any atom is 0.191 e. The zero-order valence-electron chi connectivity index (χ0n) is 9.30. The molecule has 84 valence electrons. The zero-order valence-corrected chi connectivity index (χ0v) is 9.30. The van der Waals surface area contributed by atoms with Crippen molar-refractivity contribution in [3.05, 3.63) is 12.7 Å². The van der Waals surface area contributed by atoms with E-state index < -0.39 is 0 Å². The molecule has 15 heavy (non-hydrogen) atoms. The van der Waals surface area contributed by atoms with E-state index >= 15 is 0 Å². The monoisotopic (exact) mass is 210 g/mol. The van der Waals surface area contributed by atoms with Crippen molar-refractivity contribution < 1.29 is 0 Å². The SMILES string of the molecule is CCN(CC)C(N)=NCCn1cncn1. The van der Waals surface area contributed by atoms with E-state index in [0.717, 1.165) is 13.1 Å². The maximum absolute atomic E-state index is 5.81. The van der Waals surface area contributed by atoms with Crippen molar-refractivity contribution in [2.75, 3.05) is 19.6 Å². The highest BCUT2D eigenvalue weighted by Gasteiger charge is 2.00. The third kappa shape index (κ3) is 3.57. The fourth-order valence-electron chi connectivity index (χ4n) is 1.26. The van der Waals surface area contributed by atoms with Crippen LogP contribution in [0.5, 0.6) is 0 Å². The predicted octanol–water partition coefficient (Wildman–Crippen LogP) is -0.0654. The molecule has 1 aromatic heterocycles. The summed E-state index contributed by atoms with van der Waals surface area (Å²) >= 11 is 0. The molecule has 2 N–H and O–H groups in total. The highest BCUT2D eigenvalue weighted by atomic mass is 15.3. The summed E-state index contributed by atoms with van der Waals surface area (Å²) < 4.78 is 1.74. The quantitative estimate of drug-likeness (QED) is 0.545. The summed E-state index contributed by atoms with van der Waals surface area (Å²) in [5, 5.41) is 3.98. The summed E-state index contributed by atoms with van der Waals surface area (Å²) in [6, 6.07) is 0. The minimum absolute atomic E-state index is 0.597. The van der Waals surface area contributed by atoms with Gasteiger partial charge in [-0.3, -0.25) is 9.67 Å². The Morgan fingerprint density at radius 2 is 2.20 bits per heavy atom. The molecule has 1 aromatic rings. The smallest absolute Gasteiger partial charge is 0.191 e. The van der Waals surface area contributed by atoms with Crippen molar-refractivity contribution in [1.29, 1.82) is 0 Å². The van der Waals surface area contributed by atoms with Crippen LogP contribution in [0, 0.1) is 0 Å². The van der Waals surface area contributed by atoms with Crippen LogP contribution in [0.15, 0.2) is 17.6 Å². The molecule has 0 saturated heterocycles. The average Bonchev–Trinajstić information content (AvgIpc) is 2.72. The Morgan fingerprint density at radius 1 is 1.47 bits per heavy atom. The van der Waals surface area contributed by atoms with Crippen molar-refractivity contribution in [1.82, 2.24) is 19.7 Å². The fraction of sp³-hybridized carbons (Fsp3) is 0.667. The van der Waals surface area contributed by atoms with Crippen LogP contribution in [0.25, 0.3) is 0 Å². The normalized spacial score (nSPS) is 11.7. The minimum Gasteiger partial charge on any atom is -0.370 e. The van der Waals surface area contributed by atoms with Gasteiger partial charge in [0.25, 0.3) is 0 Å². The van der Waals surface area contributed by atoms with Crippen molar-refractivity contribution in [2.24, 2.45) is 10.7 Å². The lowest BCUT2D eigenvalue weighted by atomic mass is 10.5. The van der Waals surface area contributed by atoms with E-state index in [9.17, 15) is 0 Å². The molecule has 0 aliphatic rings. The van der Waals surface area contributed by atoms with Gasteiger partial charge in [-0.25, -0.2) is 4.98 Å². The van der Waals surface area contributed by atoms with E-state index in [4.69, 9.17) is 5.73 Å². The van der Waals surface area contributed by atoms with Gasteiger partial charge in [0.1, 0.15) is 12.7 Å². The molecule has 6 nitrogen and oxygen atoms in total. The molecule has 1 heterocycles. The molecular weight excluding hydrogens is 192 g/mol. The van der Waals surface area contributed by atoms with Gasteiger partial charge in [-0.15, -0.1) is 0 Å². The Bertz CT molecular complexity index is 288. The summed E-state index contributed by atoms with van der Waals surface area (Å²) in [6.07, 6.45) is 3.18. The number of hydrogen-bond acceptors (Lipinski definition) is 3. The average molecular weight is 210 g/mol. The van der Waals surface area contributed by atoms with E-state index in [-0.39, 0.29) is 0 Å². The van der Waals surface area contributed by atoms with Gasteiger partial charge in [-0.2, -0.15) is 5.10 Å². The zero-order chi connectivity index (χ0) is 11.1. The lowest BCUT2D eigenvalue weighted by molar-refractivity contribution is 0.457. The van der Waals surface area contributed by atoms with E-state index in [2.05, 4.69) is 28.9 Å². The van der Waals surface area contributed by atoms with Crippen LogP contribution in [0.2, 0.25) is 0 Å². The number of aliphatic imine (C=N–C) groups is 1. The number of nitrogens with two attached hydrogens (primary N) is 1. The predicted molar refractivity (Wildman–Crippen MR) is 59.4 cm³/mol.